The Bertz CT molecular complexity index is 1590. The number of hydrogen-bond donors (Lipinski definition) is 2. The highest BCUT2D eigenvalue weighted by Gasteiger charge is 2.63. The molecule has 40 heavy (non-hydrogen) atoms. The highest BCUT2D eigenvalue weighted by molar-refractivity contribution is 6.20. The third-order valence-electron chi connectivity index (χ3n) is 8.13. The number of urea groups is 1. The Labute approximate surface area is 226 Å². The van der Waals surface area contributed by atoms with Gasteiger partial charge in [0.15, 0.2) is 23.3 Å². The van der Waals surface area contributed by atoms with E-state index in [0.29, 0.717) is 11.1 Å². The number of rotatable bonds is 2. The third kappa shape index (κ3) is 3.27. The van der Waals surface area contributed by atoms with Gasteiger partial charge in [0.05, 0.1) is 29.3 Å². The first-order valence-corrected chi connectivity index (χ1v) is 12.9. The SMILES string of the molecule is C[C@H]1CN2c3c(cc4c(N5C(=O)CO[C@@H]5c5ccccc5)noc4c3F)CC3(C(=O)NC(=O)NC3=O)[C@@H]2[C@@H](C)O1. The second-order valence-corrected chi connectivity index (χ2v) is 10.6. The van der Waals surface area contributed by atoms with Gasteiger partial charge < -0.3 is 18.9 Å². The minimum Gasteiger partial charge on any atom is -0.372 e. The predicted molar refractivity (Wildman–Crippen MR) is 136 cm³/mol. The van der Waals surface area contributed by atoms with Gasteiger partial charge in [-0.15, -0.1) is 0 Å². The summed E-state index contributed by atoms with van der Waals surface area (Å²) in [6.45, 7) is 3.49. The molecule has 4 aliphatic rings. The number of amides is 5. The van der Waals surface area contributed by atoms with Crippen LogP contribution in [0.1, 0.15) is 31.2 Å². The summed E-state index contributed by atoms with van der Waals surface area (Å²) in [5.74, 6) is -2.64. The standard InChI is InChI=1S/C27H24FN5O7/c1-12-10-32-19-15(9-27(21(32)13(2)39-12)24(35)29-26(37)30-25(27)36)8-16-20(18(19)28)40-31-22(16)33-17(34)11-38-23(33)14-6-4-3-5-7-14/h3-8,12-13,21,23H,9-11H2,1-2H3,(H2,29,30,35,36,37)/t12-,13+,21-,23+/m0/s1. The normalized spacial score (nSPS) is 27.6. The van der Waals surface area contributed by atoms with E-state index in [1.54, 1.807) is 30.0 Å². The van der Waals surface area contributed by atoms with Crippen molar-refractivity contribution in [1.82, 2.24) is 15.8 Å². The Balaban J connectivity index is 1.42. The Morgan fingerprint density at radius 1 is 1.07 bits per heavy atom. The minimum absolute atomic E-state index is 0.0562. The van der Waals surface area contributed by atoms with Crippen LogP contribution in [0.3, 0.4) is 0 Å². The van der Waals surface area contributed by atoms with E-state index in [-0.39, 0.29) is 54.1 Å². The summed E-state index contributed by atoms with van der Waals surface area (Å²) >= 11 is 0. The molecule has 0 bridgehead atoms. The van der Waals surface area contributed by atoms with Crippen LogP contribution in [-0.2, 0) is 30.3 Å². The van der Waals surface area contributed by atoms with Crippen LogP contribution in [0.4, 0.5) is 20.7 Å². The average molecular weight is 550 g/mol. The van der Waals surface area contributed by atoms with Gasteiger partial charge >= 0.3 is 6.03 Å². The second-order valence-electron chi connectivity index (χ2n) is 10.6. The van der Waals surface area contributed by atoms with Crippen LogP contribution < -0.4 is 20.4 Å². The molecule has 1 spiro atoms. The molecule has 2 aromatic carbocycles. The van der Waals surface area contributed by atoms with E-state index in [4.69, 9.17) is 14.0 Å². The van der Waals surface area contributed by atoms with Gasteiger partial charge in [-0.05, 0) is 25.5 Å². The molecule has 5 heterocycles. The molecule has 0 radical (unpaired) electrons. The zero-order valence-corrected chi connectivity index (χ0v) is 21.5. The number of nitrogens with one attached hydrogen (secondary N) is 2. The zero-order valence-electron chi connectivity index (χ0n) is 21.5. The number of carbonyl (C=O) groups is 4. The number of fused-ring (bicyclic) bond motifs is 5. The average Bonchev–Trinajstić information content (AvgIpc) is 3.50. The molecule has 12 nitrogen and oxygen atoms in total. The van der Waals surface area contributed by atoms with E-state index in [0.717, 1.165) is 0 Å². The topological polar surface area (TPSA) is 143 Å². The summed E-state index contributed by atoms with van der Waals surface area (Å²) in [5, 5.41) is 8.69. The largest absolute Gasteiger partial charge is 0.372 e. The van der Waals surface area contributed by atoms with Crippen molar-refractivity contribution in [1.29, 1.82) is 0 Å². The summed E-state index contributed by atoms with van der Waals surface area (Å²) in [7, 11) is 0. The molecule has 3 saturated heterocycles. The van der Waals surface area contributed by atoms with Crippen LogP contribution in [0.5, 0.6) is 0 Å². The Kier molecular flexibility index (Phi) is 5.28. The number of anilines is 2. The molecular formula is C27H24FN5O7. The van der Waals surface area contributed by atoms with Crippen molar-refractivity contribution in [2.45, 2.75) is 44.7 Å². The smallest absolute Gasteiger partial charge is 0.328 e. The molecule has 0 unspecified atom stereocenters. The highest BCUT2D eigenvalue weighted by atomic mass is 19.1. The number of carbonyl (C=O) groups excluding carboxylic acids is 4. The summed E-state index contributed by atoms with van der Waals surface area (Å²) in [6.07, 6.45) is -2.04. The Morgan fingerprint density at radius 2 is 1.80 bits per heavy atom. The maximum Gasteiger partial charge on any atom is 0.328 e. The fraction of sp³-hybridized carbons (Fsp3) is 0.370. The summed E-state index contributed by atoms with van der Waals surface area (Å²) in [6, 6.07) is 8.81. The Morgan fingerprint density at radius 3 is 2.52 bits per heavy atom. The van der Waals surface area contributed by atoms with E-state index in [1.807, 2.05) is 25.1 Å². The number of hydrogen-bond acceptors (Lipinski definition) is 9. The fourth-order valence-electron chi connectivity index (χ4n) is 6.63. The summed E-state index contributed by atoms with van der Waals surface area (Å²) in [5.41, 5.74) is -0.767. The number of morpholine rings is 1. The van der Waals surface area contributed by atoms with Gasteiger partial charge in [-0.3, -0.25) is 29.9 Å². The van der Waals surface area contributed by atoms with Crippen molar-refractivity contribution in [3.05, 3.63) is 53.3 Å². The lowest BCUT2D eigenvalue weighted by Gasteiger charge is -2.55. The molecule has 0 saturated carbocycles. The van der Waals surface area contributed by atoms with Gasteiger partial charge in [0, 0.05) is 18.5 Å². The molecule has 0 aliphatic carbocycles. The van der Waals surface area contributed by atoms with E-state index in [1.165, 1.54) is 4.90 Å². The molecule has 13 heteroatoms. The van der Waals surface area contributed by atoms with Crippen molar-refractivity contribution >= 4 is 46.2 Å². The number of halogens is 1. The lowest BCUT2D eigenvalue weighted by atomic mass is 9.66. The van der Waals surface area contributed by atoms with Crippen LogP contribution >= 0.6 is 0 Å². The number of aromatic nitrogens is 1. The summed E-state index contributed by atoms with van der Waals surface area (Å²) in [4.78, 5) is 54.8. The highest BCUT2D eigenvalue weighted by Crippen LogP contribution is 2.50. The van der Waals surface area contributed by atoms with Gasteiger partial charge in [-0.2, -0.15) is 0 Å². The van der Waals surface area contributed by atoms with Crippen LogP contribution in [0.15, 0.2) is 40.9 Å². The molecule has 4 atom stereocenters. The number of ether oxygens (including phenoxy) is 2. The first-order chi connectivity index (χ1) is 19.2. The number of imide groups is 2. The minimum atomic E-state index is -1.78. The van der Waals surface area contributed by atoms with Gasteiger partial charge in [0.2, 0.25) is 17.4 Å². The van der Waals surface area contributed by atoms with E-state index >= 15 is 4.39 Å². The van der Waals surface area contributed by atoms with Gasteiger partial charge in [0.25, 0.3) is 5.91 Å². The first-order valence-electron chi connectivity index (χ1n) is 12.9. The van der Waals surface area contributed by atoms with Crippen molar-refractivity contribution in [3.63, 3.8) is 0 Å². The second kappa shape index (κ2) is 8.57. The third-order valence-corrected chi connectivity index (χ3v) is 8.13. The maximum atomic E-state index is 16.4. The molecule has 3 aromatic rings. The number of barbiturate groups is 1. The van der Waals surface area contributed by atoms with Gasteiger partial charge in [0.1, 0.15) is 6.61 Å². The molecule has 3 fully saturated rings. The van der Waals surface area contributed by atoms with Crippen LogP contribution in [0.25, 0.3) is 11.0 Å². The van der Waals surface area contributed by atoms with Crippen LogP contribution in [0, 0.1) is 11.2 Å². The predicted octanol–water partition coefficient (Wildman–Crippen LogP) is 1.92. The van der Waals surface area contributed by atoms with Gasteiger partial charge in [-0.25, -0.2) is 9.18 Å². The lowest BCUT2D eigenvalue weighted by molar-refractivity contribution is -0.153. The molecule has 206 valence electrons. The zero-order chi connectivity index (χ0) is 27.9. The van der Waals surface area contributed by atoms with Crippen molar-refractivity contribution < 1.29 is 37.6 Å². The quantitative estimate of drug-likeness (QED) is 0.458. The maximum absolute atomic E-state index is 16.4. The van der Waals surface area contributed by atoms with Gasteiger partial charge in [-0.1, -0.05) is 35.5 Å². The Hall–Kier alpha value is -4.36. The van der Waals surface area contributed by atoms with E-state index in [2.05, 4.69) is 15.8 Å². The fourth-order valence-corrected chi connectivity index (χ4v) is 6.63. The molecule has 1 aromatic heterocycles. The molecule has 5 amide bonds. The van der Waals surface area contributed by atoms with Crippen molar-refractivity contribution in [2.24, 2.45) is 5.41 Å². The molecular weight excluding hydrogens is 525 g/mol. The van der Waals surface area contributed by atoms with Crippen molar-refractivity contribution in [2.75, 3.05) is 23.0 Å². The number of nitrogens with zero attached hydrogens (tertiary/aromatic N) is 3. The van der Waals surface area contributed by atoms with E-state index in [9.17, 15) is 19.2 Å². The molecule has 7 rings (SSSR count). The number of benzene rings is 2. The first kappa shape index (κ1) is 24.7. The summed E-state index contributed by atoms with van der Waals surface area (Å²) < 4.78 is 33.6. The van der Waals surface area contributed by atoms with Crippen LogP contribution in [-0.4, -0.2) is 60.3 Å². The lowest BCUT2D eigenvalue weighted by Crippen LogP contribution is -2.75. The molecule has 2 N–H and O–H groups in total. The van der Waals surface area contributed by atoms with Crippen LogP contribution in [0.2, 0.25) is 0 Å². The van der Waals surface area contributed by atoms with E-state index < -0.39 is 47.5 Å². The van der Waals surface area contributed by atoms with Crippen molar-refractivity contribution in [3.8, 4) is 0 Å². The molecule has 4 aliphatic heterocycles. The monoisotopic (exact) mass is 549 g/mol.